The first-order chi connectivity index (χ1) is 13.1. The lowest BCUT2D eigenvalue weighted by atomic mass is 10.1. The van der Waals surface area contributed by atoms with E-state index in [2.05, 4.69) is 0 Å². The van der Waals surface area contributed by atoms with Crippen LogP contribution in [0.1, 0.15) is 18.1 Å². The van der Waals surface area contributed by atoms with Crippen molar-refractivity contribution in [1.29, 1.82) is 0 Å². The molecule has 2 aromatic rings. The molecule has 2 amide bonds. The number of carbonyl (C=O) groups excluding carboxylic acids is 2. The predicted octanol–water partition coefficient (Wildman–Crippen LogP) is 3.74. The lowest BCUT2D eigenvalue weighted by molar-refractivity contribution is -0.137. The first-order valence-electron chi connectivity index (χ1n) is 8.60. The lowest BCUT2D eigenvalue weighted by Gasteiger charge is -2.15. The maximum atomic E-state index is 13.1. The Morgan fingerprint density at radius 2 is 1.63 bits per heavy atom. The molecule has 0 saturated heterocycles. The molecule has 0 unspecified atom stereocenters. The molecule has 1 aliphatic rings. The number of carbonyl (C=O) groups is 2. The summed E-state index contributed by atoms with van der Waals surface area (Å²) < 4.78 is 10.6. The van der Waals surface area contributed by atoms with Gasteiger partial charge in [-0.25, -0.2) is 0 Å². The Balaban J connectivity index is 2.01. The standard InChI is InChI=1S/C21H21NO4S/c1-4-27-19-18(15-10-11-16(25-2)17(12-15)26-3)20(23)22(21(19)24)13-14-8-6-5-7-9-14/h5-12H,4,13H2,1-3H3. The molecule has 0 aliphatic carbocycles. The molecule has 3 rings (SSSR count). The number of benzene rings is 2. The molecule has 1 heterocycles. The molecule has 6 heteroatoms. The Bertz CT molecular complexity index is 892. The lowest BCUT2D eigenvalue weighted by Crippen LogP contribution is -2.30. The van der Waals surface area contributed by atoms with Crippen LogP contribution in [0.2, 0.25) is 0 Å². The van der Waals surface area contributed by atoms with Gasteiger partial charge in [-0.1, -0.05) is 43.3 Å². The van der Waals surface area contributed by atoms with Gasteiger partial charge in [0.05, 0.1) is 31.2 Å². The summed E-state index contributed by atoms with van der Waals surface area (Å²) in [6.45, 7) is 2.21. The predicted molar refractivity (Wildman–Crippen MR) is 107 cm³/mol. The van der Waals surface area contributed by atoms with Crippen molar-refractivity contribution in [2.75, 3.05) is 20.0 Å². The molecule has 2 aromatic carbocycles. The van der Waals surface area contributed by atoms with Crippen molar-refractivity contribution in [2.45, 2.75) is 13.5 Å². The van der Waals surface area contributed by atoms with E-state index in [0.29, 0.717) is 33.3 Å². The Morgan fingerprint density at radius 1 is 0.926 bits per heavy atom. The van der Waals surface area contributed by atoms with Crippen LogP contribution < -0.4 is 9.47 Å². The first kappa shape index (κ1) is 19.0. The maximum Gasteiger partial charge on any atom is 0.268 e. The molecule has 0 N–H and O–H groups in total. The first-order valence-corrected chi connectivity index (χ1v) is 9.58. The van der Waals surface area contributed by atoms with E-state index in [-0.39, 0.29) is 18.4 Å². The Labute approximate surface area is 163 Å². The van der Waals surface area contributed by atoms with E-state index in [1.165, 1.54) is 16.7 Å². The molecule has 0 atom stereocenters. The molecule has 5 nitrogen and oxygen atoms in total. The number of thioether (sulfide) groups is 1. The van der Waals surface area contributed by atoms with Crippen LogP contribution in [-0.2, 0) is 16.1 Å². The fraction of sp³-hybridized carbons (Fsp3) is 0.238. The summed E-state index contributed by atoms with van der Waals surface area (Å²) >= 11 is 1.39. The zero-order valence-corrected chi connectivity index (χ0v) is 16.3. The number of rotatable bonds is 7. The van der Waals surface area contributed by atoms with E-state index in [1.54, 1.807) is 32.4 Å². The van der Waals surface area contributed by atoms with Crippen molar-refractivity contribution in [2.24, 2.45) is 0 Å². The van der Waals surface area contributed by atoms with E-state index >= 15 is 0 Å². The van der Waals surface area contributed by atoms with Gasteiger partial charge in [-0.3, -0.25) is 14.5 Å². The minimum atomic E-state index is -0.285. The number of amides is 2. The minimum absolute atomic E-state index is 0.250. The molecule has 27 heavy (non-hydrogen) atoms. The topological polar surface area (TPSA) is 55.8 Å². The van der Waals surface area contributed by atoms with Gasteiger partial charge in [0.1, 0.15) is 0 Å². The second-order valence-electron chi connectivity index (χ2n) is 5.89. The summed E-state index contributed by atoms with van der Waals surface area (Å²) in [5.41, 5.74) is 1.98. The molecular formula is C21H21NO4S. The van der Waals surface area contributed by atoms with Crippen LogP contribution in [0.4, 0.5) is 0 Å². The molecule has 0 bridgehead atoms. The Hall–Kier alpha value is -2.73. The second kappa shape index (κ2) is 8.31. The number of methoxy groups -OCH3 is 2. The monoisotopic (exact) mass is 383 g/mol. The molecule has 1 aliphatic heterocycles. The van der Waals surface area contributed by atoms with E-state index < -0.39 is 0 Å². The SMILES string of the molecule is CCSC1=C(c2ccc(OC)c(OC)c2)C(=O)N(Cc2ccccc2)C1=O. The fourth-order valence-electron chi connectivity index (χ4n) is 2.99. The van der Waals surface area contributed by atoms with Crippen LogP contribution in [0, 0.1) is 0 Å². The fourth-order valence-corrected chi connectivity index (χ4v) is 3.86. The van der Waals surface area contributed by atoms with Gasteiger partial charge in [-0.05, 0) is 29.0 Å². The summed E-state index contributed by atoms with van der Waals surface area (Å²) in [5.74, 6) is 1.26. The molecule has 0 saturated carbocycles. The largest absolute Gasteiger partial charge is 0.493 e. The number of imide groups is 1. The van der Waals surface area contributed by atoms with Crippen molar-refractivity contribution >= 4 is 29.1 Å². The average molecular weight is 383 g/mol. The highest BCUT2D eigenvalue weighted by molar-refractivity contribution is 8.04. The van der Waals surface area contributed by atoms with Crippen LogP contribution in [0.15, 0.2) is 53.4 Å². The van der Waals surface area contributed by atoms with Crippen molar-refractivity contribution in [3.05, 3.63) is 64.6 Å². The van der Waals surface area contributed by atoms with E-state index in [4.69, 9.17) is 9.47 Å². The highest BCUT2D eigenvalue weighted by Gasteiger charge is 2.39. The highest BCUT2D eigenvalue weighted by atomic mass is 32.2. The van der Waals surface area contributed by atoms with Gasteiger partial charge in [0.25, 0.3) is 11.8 Å². The van der Waals surface area contributed by atoms with Crippen LogP contribution >= 0.6 is 11.8 Å². The third-order valence-electron chi connectivity index (χ3n) is 4.27. The number of hydrogen-bond donors (Lipinski definition) is 0. The molecule has 140 valence electrons. The van der Waals surface area contributed by atoms with E-state index in [0.717, 1.165) is 5.56 Å². The molecular weight excluding hydrogens is 362 g/mol. The smallest absolute Gasteiger partial charge is 0.268 e. The maximum absolute atomic E-state index is 13.1. The molecule has 0 fully saturated rings. The third-order valence-corrected chi connectivity index (χ3v) is 5.23. The van der Waals surface area contributed by atoms with E-state index in [9.17, 15) is 9.59 Å². The van der Waals surface area contributed by atoms with Crippen LogP contribution in [0.3, 0.4) is 0 Å². The van der Waals surface area contributed by atoms with Crippen LogP contribution in [0.5, 0.6) is 11.5 Å². The molecule has 0 spiro atoms. The summed E-state index contributed by atoms with van der Waals surface area (Å²) in [4.78, 5) is 27.8. The minimum Gasteiger partial charge on any atom is -0.493 e. The summed E-state index contributed by atoms with van der Waals surface area (Å²) in [6.07, 6.45) is 0. The van der Waals surface area contributed by atoms with Gasteiger partial charge < -0.3 is 9.47 Å². The van der Waals surface area contributed by atoms with Crippen molar-refractivity contribution < 1.29 is 19.1 Å². The van der Waals surface area contributed by atoms with Gasteiger partial charge in [-0.15, -0.1) is 11.8 Å². The quantitative estimate of drug-likeness (QED) is 0.682. The Morgan fingerprint density at radius 3 is 2.26 bits per heavy atom. The zero-order chi connectivity index (χ0) is 19.4. The van der Waals surface area contributed by atoms with E-state index in [1.807, 2.05) is 37.3 Å². The summed E-state index contributed by atoms with van der Waals surface area (Å²) in [5, 5.41) is 0. The Kier molecular flexibility index (Phi) is 5.86. The summed E-state index contributed by atoms with van der Waals surface area (Å²) in [6, 6.07) is 14.8. The average Bonchev–Trinajstić information content (AvgIpc) is 2.93. The number of nitrogens with zero attached hydrogens (tertiary/aromatic N) is 1. The van der Waals surface area contributed by atoms with Gasteiger partial charge in [0.15, 0.2) is 11.5 Å². The van der Waals surface area contributed by atoms with Crippen LogP contribution in [-0.4, -0.2) is 36.7 Å². The van der Waals surface area contributed by atoms with Gasteiger partial charge >= 0.3 is 0 Å². The highest BCUT2D eigenvalue weighted by Crippen LogP contribution is 2.39. The van der Waals surface area contributed by atoms with Crippen molar-refractivity contribution in [1.82, 2.24) is 4.90 Å². The second-order valence-corrected chi connectivity index (χ2v) is 7.16. The zero-order valence-electron chi connectivity index (χ0n) is 15.5. The van der Waals surface area contributed by atoms with Gasteiger partial charge in [0.2, 0.25) is 0 Å². The van der Waals surface area contributed by atoms with Gasteiger partial charge in [0, 0.05) is 0 Å². The molecule has 0 radical (unpaired) electrons. The van der Waals surface area contributed by atoms with Gasteiger partial charge in [-0.2, -0.15) is 0 Å². The normalized spacial score (nSPS) is 14.1. The number of ether oxygens (including phenoxy) is 2. The number of hydrogen-bond acceptors (Lipinski definition) is 5. The van der Waals surface area contributed by atoms with Crippen LogP contribution in [0.25, 0.3) is 5.57 Å². The third kappa shape index (κ3) is 3.71. The van der Waals surface area contributed by atoms with Crippen molar-refractivity contribution in [3.8, 4) is 11.5 Å². The molecule has 0 aromatic heterocycles. The van der Waals surface area contributed by atoms with Crippen molar-refractivity contribution in [3.63, 3.8) is 0 Å². The summed E-state index contributed by atoms with van der Waals surface area (Å²) in [7, 11) is 3.10.